The van der Waals surface area contributed by atoms with Crippen molar-refractivity contribution >= 4 is 5.91 Å². The summed E-state index contributed by atoms with van der Waals surface area (Å²) in [6, 6.07) is 0. The van der Waals surface area contributed by atoms with Gasteiger partial charge >= 0.3 is 0 Å². The van der Waals surface area contributed by atoms with Crippen molar-refractivity contribution < 1.29 is 4.79 Å². The molecule has 2 fully saturated rings. The molecular formula is C13H22N4O. The van der Waals surface area contributed by atoms with Crippen molar-refractivity contribution in [1.29, 1.82) is 0 Å². The largest absolute Gasteiger partial charge is 0.342 e. The number of carbonyl (C=O) groups excluding carboxylic acids is 1. The van der Waals surface area contributed by atoms with E-state index in [1.165, 1.54) is 32.1 Å². The number of nitrogens with zero attached hydrogens (tertiary/aromatic N) is 4. The van der Waals surface area contributed by atoms with Crippen LogP contribution >= 0.6 is 0 Å². The minimum atomic E-state index is 0.243. The van der Waals surface area contributed by atoms with Crippen LogP contribution in [0.4, 0.5) is 0 Å². The number of hydrogen-bond acceptors (Lipinski definition) is 2. The molecule has 0 N–H and O–H groups in total. The summed E-state index contributed by atoms with van der Waals surface area (Å²) in [5, 5.41) is 3.46. The maximum Gasteiger partial charge on any atom is 0.222 e. The summed E-state index contributed by atoms with van der Waals surface area (Å²) in [7, 11) is 0. The Hall–Kier alpha value is -1.22. The van der Waals surface area contributed by atoms with Gasteiger partial charge in [-0.2, -0.15) is 0 Å². The van der Waals surface area contributed by atoms with Crippen molar-refractivity contribution in [2.24, 2.45) is 17.0 Å². The fourth-order valence-electron chi connectivity index (χ4n) is 3.33. The first kappa shape index (κ1) is 13.2. The second kappa shape index (κ2) is 6.64. The lowest BCUT2D eigenvalue weighted by atomic mass is 9.75. The van der Waals surface area contributed by atoms with E-state index in [0.717, 1.165) is 24.9 Å². The van der Waals surface area contributed by atoms with Gasteiger partial charge in [0.25, 0.3) is 0 Å². The van der Waals surface area contributed by atoms with Gasteiger partial charge in [0, 0.05) is 31.0 Å². The van der Waals surface area contributed by atoms with Crippen molar-refractivity contribution in [3.8, 4) is 0 Å². The first-order chi connectivity index (χ1) is 8.81. The van der Waals surface area contributed by atoms with Crippen LogP contribution in [-0.2, 0) is 4.79 Å². The van der Waals surface area contributed by atoms with Gasteiger partial charge in [0.2, 0.25) is 5.91 Å². The van der Waals surface area contributed by atoms with Crippen LogP contribution in [0.1, 0.15) is 44.9 Å². The molecule has 1 aliphatic carbocycles. The van der Waals surface area contributed by atoms with Gasteiger partial charge in [-0.05, 0) is 36.6 Å². The van der Waals surface area contributed by atoms with E-state index in [4.69, 9.17) is 5.53 Å². The summed E-state index contributed by atoms with van der Waals surface area (Å²) in [6.07, 6.45) is 7.76. The molecule has 1 saturated heterocycles. The van der Waals surface area contributed by atoms with Crippen LogP contribution in [0, 0.1) is 11.8 Å². The lowest BCUT2D eigenvalue weighted by molar-refractivity contribution is -0.134. The Morgan fingerprint density at radius 2 is 2.06 bits per heavy atom. The lowest BCUT2D eigenvalue weighted by Gasteiger charge is -2.41. The number of amides is 1. The van der Waals surface area contributed by atoms with Crippen molar-refractivity contribution in [3.63, 3.8) is 0 Å². The van der Waals surface area contributed by atoms with Gasteiger partial charge in [-0.1, -0.05) is 24.4 Å². The monoisotopic (exact) mass is 250 g/mol. The summed E-state index contributed by atoms with van der Waals surface area (Å²) >= 11 is 0. The van der Waals surface area contributed by atoms with E-state index < -0.39 is 0 Å². The Labute approximate surface area is 108 Å². The predicted octanol–water partition coefficient (Wildman–Crippen LogP) is 3.12. The number of likely N-dealkylation sites (tertiary alicyclic amines) is 1. The maximum absolute atomic E-state index is 12.0. The van der Waals surface area contributed by atoms with E-state index in [0.29, 0.717) is 19.4 Å². The van der Waals surface area contributed by atoms with Gasteiger partial charge in [0.15, 0.2) is 0 Å². The van der Waals surface area contributed by atoms with Crippen LogP contribution < -0.4 is 0 Å². The molecule has 0 radical (unpaired) electrons. The molecule has 1 heterocycles. The lowest BCUT2D eigenvalue weighted by Crippen LogP contribution is -2.44. The Morgan fingerprint density at radius 3 is 2.83 bits per heavy atom. The van der Waals surface area contributed by atoms with E-state index in [2.05, 4.69) is 10.0 Å². The molecule has 2 rings (SSSR count). The molecule has 5 heteroatoms. The second-order valence-electron chi connectivity index (χ2n) is 5.49. The number of fused-ring (bicyclic) bond motifs is 1. The third-order valence-corrected chi connectivity index (χ3v) is 4.36. The van der Waals surface area contributed by atoms with E-state index >= 15 is 0 Å². The molecule has 2 aliphatic rings. The molecule has 0 spiro atoms. The molecule has 1 amide bonds. The number of hydrogen-bond donors (Lipinski definition) is 0. The van der Waals surface area contributed by atoms with Crippen LogP contribution in [-0.4, -0.2) is 30.4 Å². The molecule has 0 bridgehead atoms. The average molecular weight is 250 g/mol. The Bertz CT molecular complexity index is 338. The van der Waals surface area contributed by atoms with Crippen LogP contribution in [0.5, 0.6) is 0 Å². The third kappa shape index (κ3) is 3.39. The zero-order valence-corrected chi connectivity index (χ0v) is 10.9. The fourth-order valence-corrected chi connectivity index (χ4v) is 3.33. The van der Waals surface area contributed by atoms with E-state index in [1.54, 1.807) is 0 Å². The molecule has 0 aromatic rings. The third-order valence-electron chi connectivity index (χ3n) is 4.36. The number of rotatable bonds is 4. The van der Waals surface area contributed by atoms with Gasteiger partial charge in [-0.3, -0.25) is 4.79 Å². The van der Waals surface area contributed by atoms with Crippen molar-refractivity contribution in [2.75, 3.05) is 19.6 Å². The maximum atomic E-state index is 12.0. The predicted molar refractivity (Wildman–Crippen MR) is 69.9 cm³/mol. The second-order valence-corrected chi connectivity index (χ2v) is 5.49. The molecule has 1 aliphatic heterocycles. The van der Waals surface area contributed by atoms with E-state index in [9.17, 15) is 4.79 Å². The minimum absolute atomic E-state index is 0.243. The van der Waals surface area contributed by atoms with Crippen LogP contribution in [0.15, 0.2) is 5.11 Å². The molecule has 5 nitrogen and oxygen atoms in total. The first-order valence-corrected chi connectivity index (χ1v) is 7.10. The molecule has 1 saturated carbocycles. The summed E-state index contributed by atoms with van der Waals surface area (Å²) in [5.74, 6) is 1.85. The molecule has 0 aromatic heterocycles. The Morgan fingerprint density at radius 1 is 1.28 bits per heavy atom. The standard InChI is InChI=1S/C13H22N4O/c14-16-15-8-3-6-13(18)17-9-7-11-4-1-2-5-12(11)10-17/h11-12H,1-10H2. The van der Waals surface area contributed by atoms with Crippen molar-refractivity contribution in [3.05, 3.63) is 10.4 Å². The number of azide groups is 1. The zero-order chi connectivity index (χ0) is 12.8. The van der Waals surface area contributed by atoms with Crippen molar-refractivity contribution in [1.82, 2.24) is 4.90 Å². The minimum Gasteiger partial charge on any atom is -0.342 e. The molecule has 100 valence electrons. The first-order valence-electron chi connectivity index (χ1n) is 7.10. The number of carbonyl (C=O) groups is 1. The van der Waals surface area contributed by atoms with Crippen molar-refractivity contribution in [2.45, 2.75) is 44.9 Å². The molecular weight excluding hydrogens is 228 g/mol. The van der Waals surface area contributed by atoms with Crippen LogP contribution in [0.25, 0.3) is 10.4 Å². The van der Waals surface area contributed by atoms with Gasteiger partial charge < -0.3 is 4.90 Å². The SMILES string of the molecule is [N-]=[N+]=NCCCC(=O)N1CCC2CCCCC2C1. The van der Waals surface area contributed by atoms with Gasteiger partial charge in [0.05, 0.1) is 0 Å². The highest BCUT2D eigenvalue weighted by Gasteiger charge is 2.32. The summed E-state index contributed by atoms with van der Waals surface area (Å²) in [5.41, 5.74) is 8.17. The highest BCUT2D eigenvalue weighted by Crippen LogP contribution is 2.36. The molecule has 2 unspecified atom stereocenters. The van der Waals surface area contributed by atoms with Gasteiger partial charge in [-0.15, -0.1) is 0 Å². The Kier molecular flexibility index (Phi) is 4.88. The smallest absolute Gasteiger partial charge is 0.222 e. The topological polar surface area (TPSA) is 69.1 Å². The molecule has 18 heavy (non-hydrogen) atoms. The summed E-state index contributed by atoms with van der Waals surface area (Å²) in [6.45, 7) is 2.33. The average Bonchev–Trinajstić information content (AvgIpc) is 2.43. The van der Waals surface area contributed by atoms with Gasteiger partial charge in [-0.25, -0.2) is 0 Å². The summed E-state index contributed by atoms with van der Waals surface area (Å²) < 4.78 is 0. The highest BCUT2D eigenvalue weighted by atomic mass is 16.2. The van der Waals surface area contributed by atoms with Gasteiger partial charge in [0.1, 0.15) is 0 Å². The van der Waals surface area contributed by atoms with Crippen LogP contribution in [0.2, 0.25) is 0 Å². The number of piperidine rings is 1. The molecule has 0 aromatic carbocycles. The van der Waals surface area contributed by atoms with E-state index in [1.807, 2.05) is 4.90 Å². The quantitative estimate of drug-likeness (QED) is 0.327. The normalized spacial score (nSPS) is 27.2. The fraction of sp³-hybridized carbons (Fsp3) is 0.923. The molecule has 2 atom stereocenters. The summed E-state index contributed by atoms with van der Waals surface area (Å²) in [4.78, 5) is 16.8. The Balaban J connectivity index is 1.75. The highest BCUT2D eigenvalue weighted by molar-refractivity contribution is 5.76. The zero-order valence-electron chi connectivity index (χ0n) is 10.9. The van der Waals surface area contributed by atoms with E-state index in [-0.39, 0.29) is 5.91 Å². The van der Waals surface area contributed by atoms with Crippen LogP contribution in [0.3, 0.4) is 0 Å².